The van der Waals surface area contributed by atoms with Gasteiger partial charge in [-0.05, 0) is 42.9 Å². The number of para-hydroxylation sites is 2. The number of aromatic nitrogens is 2. The van der Waals surface area contributed by atoms with Crippen molar-refractivity contribution in [3.63, 3.8) is 0 Å². The number of likely N-dealkylation sites (N-methyl/N-ethyl adjacent to an activating group) is 1. The van der Waals surface area contributed by atoms with Crippen molar-refractivity contribution in [2.24, 2.45) is 0 Å². The highest BCUT2D eigenvalue weighted by Crippen LogP contribution is 2.18. The minimum atomic E-state index is -0.174. The first kappa shape index (κ1) is 20.6. The molecule has 2 heterocycles. The van der Waals surface area contributed by atoms with E-state index in [1.165, 1.54) is 0 Å². The van der Waals surface area contributed by atoms with Crippen molar-refractivity contribution in [1.29, 1.82) is 0 Å². The molecule has 7 heteroatoms. The van der Waals surface area contributed by atoms with Crippen LogP contribution in [0.15, 0.2) is 82.2 Å². The Hall–Kier alpha value is -3.71. The van der Waals surface area contributed by atoms with Crippen LogP contribution in [0.4, 0.5) is 5.69 Å². The number of H-pyrrole nitrogens is 1. The Bertz CT molecular complexity index is 1200. The van der Waals surface area contributed by atoms with Crippen LogP contribution in [0.2, 0.25) is 0 Å². The molecule has 0 saturated carbocycles. The summed E-state index contributed by atoms with van der Waals surface area (Å²) < 4.78 is 5.46. The first-order valence-corrected chi connectivity index (χ1v) is 10.2. The summed E-state index contributed by atoms with van der Waals surface area (Å²) in [6.07, 6.45) is 1.60. The number of rotatable bonds is 8. The predicted octanol–water partition coefficient (Wildman–Crippen LogP) is 3.57. The second-order valence-electron chi connectivity index (χ2n) is 7.23. The predicted molar refractivity (Wildman–Crippen MR) is 120 cm³/mol. The van der Waals surface area contributed by atoms with Crippen LogP contribution in [0.5, 0.6) is 0 Å². The highest BCUT2D eigenvalue weighted by molar-refractivity contribution is 5.94. The van der Waals surface area contributed by atoms with E-state index in [1.807, 2.05) is 72.5 Å². The number of benzene rings is 2. The van der Waals surface area contributed by atoms with Crippen molar-refractivity contribution in [3.05, 3.63) is 94.9 Å². The first-order valence-electron chi connectivity index (χ1n) is 10.2. The van der Waals surface area contributed by atoms with Crippen LogP contribution in [0, 0.1) is 0 Å². The van der Waals surface area contributed by atoms with Crippen LogP contribution >= 0.6 is 0 Å². The maximum Gasteiger partial charge on any atom is 0.258 e. The van der Waals surface area contributed by atoms with Crippen molar-refractivity contribution in [1.82, 2.24) is 14.9 Å². The van der Waals surface area contributed by atoms with Crippen molar-refractivity contribution in [2.75, 3.05) is 18.0 Å². The van der Waals surface area contributed by atoms with E-state index in [9.17, 15) is 9.59 Å². The van der Waals surface area contributed by atoms with E-state index in [-0.39, 0.29) is 18.0 Å². The average molecular weight is 416 g/mol. The fraction of sp³-hybridized carbons (Fsp3) is 0.208. The maximum atomic E-state index is 13.3. The molecule has 158 valence electrons. The second kappa shape index (κ2) is 9.40. The zero-order valence-electron chi connectivity index (χ0n) is 17.3. The normalized spacial score (nSPS) is 11.2. The van der Waals surface area contributed by atoms with Gasteiger partial charge in [-0.3, -0.25) is 14.5 Å². The third-order valence-corrected chi connectivity index (χ3v) is 5.10. The summed E-state index contributed by atoms with van der Waals surface area (Å²) in [6, 6.07) is 20.4. The standard InChI is InChI=1S/C24H24N4O3/c1-2-27(16-22-25-21-13-7-6-12-20(21)24(30)26-22)17-23(29)28(15-19-11-8-14-31-19)18-9-4-3-5-10-18/h3-14H,2,15-17H2,1H3,(H,25,26,30). The summed E-state index contributed by atoms with van der Waals surface area (Å²) in [7, 11) is 0. The molecule has 0 aliphatic rings. The van der Waals surface area contributed by atoms with Gasteiger partial charge < -0.3 is 14.3 Å². The number of aromatic amines is 1. The summed E-state index contributed by atoms with van der Waals surface area (Å²) in [5, 5.41) is 0.555. The molecular weight excluding hydrogens is 392 g/mol. The van der Waals surface area contributed by atoms with Crippen molar-refractivity contribution >= 4 is 22.5 Å². The van der Waals surface area contributed by atoms with E-state index >= 15 is 0 Å². The van der Waals surface area contributed by atoms with E-state index in [4.69, 9.17) is 4.42 Å². The van der Waals surface area contributed by atoms with Gasteiger partial charge in [0.05, 0.1) is 36.8 Å². The van der Waals surface area contributed by atoms with Gasteiger partial charge in [0.2, 0.25) is 5.91 Å². The van der Waals surface area contributed by atoms with Gasteiger partial charge in [0, 0.05) is 5.69 Å². The molecule has 2 aromatic carbocycles. The molecule has 0 spiro atoms. The lowest BCUT2D eigenvalue weighted by Crippen LogP contribution is -2.40. The van der Waals surface area contributed by atoms with Crippen molar-refractivity contribution in [2.45, 2.75) is 20.0 Å². The molecule has 0 saturated heterocycles. The van der Waals surface area contributed by atoms with Gasteiger partial charge in [-0.15, -0.1) is 0 Å². The molecule has 0 atom stereocenters. The van der Waals surface area contributed by atoms with Gasteiger partial charge in [0.1, 0.15) is 11.6 Å². The molecule has 4 rings (SSSR count). The SMILES string of the molecule is CCN(CC(=O)N(Cc1ccco1)c1ccccc1)Cc1nc2ccccc2c(=O)[nH]1. The minimum absolute atomic E-state index is 0.0624. The number of amides is 1. The highest BCUT2D eigenvalue weighted by Gasteiger charge is 2.20. The van der Waals surface area contributed by atoms with E-state index in [1.54, 1.807) is 17.2 Å². The quantitative estimate of drug-likeness (QED) is 0.475. The Morgan fingerprint density at radius 3 is 2.52 bits per heavy atom. The largest absolute Gasteiger partial charge is 0.467 e. The third kappa shape index (κ3) is 4.90. The van der Waals surface area contributed by atoms with Crippen LogP contribution < -0.4 is 10.5 Å². The molecular formula is C24H24N4O3. The third-order valence-electron chi connectivity index (χ3n) is 5.10. The fourth-order valence-electron chi connectivity index (χ4n) is 3.47. The molecule has 0 bridgehead atoms. The number of anilines is 1. The number of furan rings is 1. The Morgan fingerprint density at radius 2 is 1.77 bits per heavy atom. The lowest BCUT2D eigenvalue weighted by molar-refractivity contribution is -0.120. The molecule has 1 amide bonds. The van der Waals surface area contributed by atoms with E-state index in [0.717, 1.165) is 5.69 Å². The van der Waals surface area contributed by atoms with E-state index in [0.29, 0.717) is 42.1 Å². The van der Waals surface area contributed by atoms with Gasteiger partial charge in [0.25, 0.3) is 5.56 Å². The lowest BCUT2D eigenvalue weighted by atomic mass is 10.2. The van der Waals surface area contributed by atoms with E-state index < -0.39 is 0 Å². The summed E-state index contributed by atoms with van der Waals surface area (Å²) in [6.45, 7) is 3.50. The van der Waals surface area contributed by atoms with Crippen LogP contribution in [-0.2, 0) is 17.9 Å². The number of hydrogen-bond acceptors (Lipinski definition) is 5. The molecule has 1 N–H and O–H groups in total. The summed E-state index contributed by atoms with van der Waals surface area (Å²) in [5.41, 5.74) is 1.27. The Kier molecular flexibility index (Phi) is 6.24. The molecule has 0 aliphatic carbocycles. The summed E-state index contributed by atoms with van der Waals surface area (Å²) in [5.74, 6) is 1.18. The smallest absolute Gasteiger partial charge is 0.258 e. The second-order valence-corrected chi connectivity index (χ2v) is 7.23. The molecule has 31 heavy (non-hydrogen) atoms. The molecule has 0 radical (unpaired) electrons. The zero-order valence-corrected chi connectivity index (χ0v) is 17.3. The number of nitrogens with zero attached hydrogens (tertiary/aromatic N) is 3. The molecule has 0 aliphatic heterocycles. The number of carbonyl (C=O) groups excluding carboxylic acids is 1. The monoisotopic (exact) mass is 416 g/mol. The summed E-state index contributed by atoms with van der Waals surface area (Å²) >= 11 is 0. The van der Waals surface area contributed by atoms with Gasteiger partial charge in [-0.2, -0.15) is 0 Å². The molecule has 0 fully saturated rings. The van der Waals surface area contributed by atoms with Gasteiger partial charge in [-0.1, -0.05) is 37.3 Å². The Morgan fingerprint density at radius 1 is 1.00 bits per heavy atom. The minimum Gasteiger partial charge on any atom is -0.467 e. The number of hydrogen-bond donors (Lipinski definition) is 1. The van der Waals surface area contributed by atoms with E-state index in [2.05, 4.69) is 9.97 Å². The summed E-state index contributed by atoms with van der Waals surface area (Å²) in [4.78, 5) is 36.7. The van der Waals surface area contributed by atoms with Crippen LogP contribution in [0.25, 0.3) is 10.9 Å². The van der Waals surface area contributed by atoms with Crippen molar-refractivity contribution < 1.29 is 9.21 Å². The molecule has 0 unspecified atom stereocenters. The highest BCUT2D eigenvalue weighted by atomic mass is 16.3. The number of carbonyl (C=O) groups is 1. The van der Waals surface area contributed by atoms with Gasteiger partial charge in [0.15, 0.2) is 0 Å². The first-order chi connectivity index (χ1) is 15.1. The average Bonchev–Trinajstić information content (AvgIpc) is 3.31. The maximum absolute atomic E-state index is 13.3. The molecule has 4 aromatic rings. The van der Waals surface area contributed by atoms with Crippen LogP contribution in [-0.4, -0.2) is 33.9 Å². The molecule has 2 aromatic heterocycles. The van der Waals surface area contributed by atoms with Gasteiger partial charge in [-0.25, -0.2) is 4.98 Å². The number of nitrogens with one attached hydrogen (secondary N) is 1. The Balaban J connectivity index is 1.53. The lowest BCUT2D eigenvalue weighted by Gasteiger charge is -2.26. The van der Waals surface area contributed by atoms with Gasteiger partial charge >= 0.3 is 0 Å². The molecule has 7 nitrogen and oxygen atoms in total. The van der Waals surface area contributed by atoms with Crippen molar-refractivity contribution in [3.8, 4) is 0 Å². The van der Waals surface area contributed by atoms with Crippen LogP contribution in [0.1, 0.15) is 18.5 Å². The fourth-order valence-corrected chi connectivity index (χ4v) is 3.47. The topological polar surface area (TPSA) is 82.4 Å². The zero-order chi connectivity index (χ0) is 21.6. The van der Waals surface area contributed by atoms with Crippen LogP contribution in [0.3, 0.4) is 0 Å². The number of fused-ring (bicyclic) bond motifs is 1. The Labute approximate surface area is 179 Å².